The van der Waals surface area contributed by atoms with E-state index in [4.69, 9.17) is 11.6 Å². The maximum Gasteiger partial charge on any atom is 0.137 e. The Balaban J connectivity index is 2.50. The molecule has 5 heteroatoms. The molecule has 0 saturated heterocycles. The van der Waals surface area contributed by atoms with Gasteiger partial charge in [0.15, 0.2) is 0 Å². The molecule has 19 heavy (non-hydrogen) atoms. The fourth-order valence-electron chi connectivity index (χ4n) is 1.78. The lowest BCUT2D eigenvalue weighted by Crippen LogP contribution is -2.00. The van der Waals surface area contributed by atoms with E-state index in [1.807, 2.05) is 30.5 Å². The van der Waals surface area contributed by atoms with Crippen molar-refractivity contribution in [3.63, 3.8) is 0 Å². The summed E-state index contributed by atoms with van der Waals surface area (Å²) in [4.78, 5) is 0.949. The van der Waals surface area contributed by atoms with E-state index in [-0.39, 0.29) is 10.0 Å². The number of thioether (sulfide) groups is 1. The Labute approximate surface area is 128 Å². The molecule has 0 fully saturated rings. The largest absolute Gasteiger partial charge is 0.207 e. The second kappa shape index (κ2) is 6.25. The Morgan fingerprint density at radius 1 is 1.11 bits per heavy atom. The van der Waals surface area contributed by atoms with E-state index in [0.29, 0.717) is 0 Å². The van der Waals surface area contributed by atoms with Crippen LogP contribution in [0, 0.1) is 11.6 Å². The molecule has 0 bridgehead atoms. The Hall–Kier alpha value is -0.580. The summed E-state index contributed by atoms with van der Waals surface area (Å²) in [6, 6.07) is 9.68. The van der Waals surface area contributed by atoms with E-state index in [2.05, 4.69) is 15.9 Å². The molecular weight excluding hydrogens is 354 g/mol. The Bertz CT molecular complexity index is 604. The van der Waals surface area contributed by atoms with E-state index in [1.54, 1.807) is 0 Å². The lowest BCUT2D eigenvalue weighted by Gasteiger charge is -2.15. The van der Waals surface area contributed by atoms with Gasteiger partial charge >= 0.3 is 0 Å². The van der Waals surface area contributed by atoms with E-state index in [9.17, 15) is 8.78 Å². The van der Waals surface area contributed by atoms with Gasteiger partial charge in [0.05, 0.1) is 9.85 Å². The fraction of sp³-hybridized carbons (Fsp3) is 0.143. The molecule has 0 aromatic heterocycles. The van der Waals surface area contributed by atoms with Crippen LogP contribution in [0.5, 0.6) is 0 Å². The summed E-state index contributed by atoms with van der Waals surface area (Å²) in [5.74, 6) is -1.05. The highest BCUT2D eigenvalue weighted by molar-refractivity contribution is 9.10. The second-order valence-electron chi connectivity index (χ2n) is 3.89. The third-order valence-electron chi connectivity index (χ3n) is 2.72. The van der Waals surface area contributed by atoms with E-state index in [0.717, 1.165) is 22.6 Å². The summed E-state index contributed by atoms with van der Waals surface area (Å²) >= 11 is 10.8. The van der Waals surface area contributed by atoms with Gasteiger partial charge in [-0.3, -0.25) is 0 Å². The van der Waals surface area contributed by atoms with Gasteiger partial charge in [0.25, 0.3) is 0 Å². The van der Waals surface area contributed by atoms with E-state index in [1.165, 1.54) is 11.8 Å². The predicted molar refractivity (Wildman–Crippen MR) is 80.0 cm³/mol. The molecule has 100 valence electrons. The first-order valence-electron chi connectivity index (χ1n) is 5.46. The summed E-state index contributed by atoms with van der Waals surface area (Å²) in [7, 11) is 0. The van der Waals surface area contributed by atoms with Gasteiger partial charge in [0.2, 0.25) is 0 Å². The van der Waals surface area contributed by atoms with Crippen LogP contribution in [-0.2, 0) is 0 Å². The van der Waals surface area contributed by atoms with Crippen molar-refractivity contribution >= 4 is 39.3 Å². The van der Waals surface area contributed by atoms with Crippen LogP contribution in [0.4, 0.5) is 8.78 Å². The minimum atomic E-state index is -0.716. The highest BCUT2D eigenvalue weighted by Crippen LogP contribution is 2.37. The van der Waals surface area contributed by atoms with Gasteiger partial charge in [-0.05, 0) is 45.9 Å². The number of alkyl halides is 1. The molecule has 0 saturated carbocycles. The Kier molecular flexibility index (Phi) is 4.87. The molecule has 0 N–H and O–H groups in total. The van der Waals surface area contributed by atoms with Gasteiger partial charge in [-0.15, -0.1) is 23.4 Å². The van der Waals surface area contributed by atoms with Gasteiger partial charge in [-0.1, -0.05) is 18.2 Å². The molecule has 0 heterocycles. The van der Waals surface area contributed by atoms with Crippen LogP contribution in [0.1, 0.15) is 16.5 Å². The minimum absolute atomic E-state index is 0.0933. The number of rotatable bonds is 3. The summed E-state index contributed by atoms with van der Waals surface area (Å²) in [5, 5.41) is -0.716. The van der Waals surface area contributed by atoms with Gasteiger partial charge < -0.3 is 0 Å². The van der Waals surface area contributed by atoms with Crippen molar-refractivity contribution in [2.24, 2.45) is 0 Å². The molecule has 0 aliphatic rings. The molecule has 2 rings (SSSR count). The maximum atomic E-state index is 13.9. The molecule has 0 spiro atoms. The molecule has 1 atom stereocenters. The smallest absolute Gasteiger partial charge is 0.137 e. The highest BCUT2D eigenvalue weighted by Gasteiger charge is 2.20. The molecular formula is C14H10BrClF2S. The van der Waals surface area contributed by atoms with Gasteiger partial charge in [-0.25, -0.2) is 8.78 Å². The van der Waals surface area contributed by atoms with Crippen LogP contribution in [0.15, 0.2) is 45.8 Å². The number of halogens is 4. The molecule has 2 aromatic carbocycles. The van der Waals surface area contributed by atoms with Crippen molar-refractivity contribution < 1.29 is 8.78 Å². The summed E-state index contributed by atoms with van der Waals surface area (Å²) in [5.41, 5.74) is 0.918. The molecule has 0 aliphatic carbocycles. The van der Waals surface area contributed by atoms with E-state index < -0.39 is 17.0 Å². The first kappa shape index (κ1) is 14.8. The summed E-state index contributed by atoms with van der Waals surface area (Å²) < 4.78 is 27.5. The molecule has 0 radical (unpaired) electrons. The van der Waals surface area contributed by atoms with Crippen molar-refractivity contribution in [2.45, 2.75) is 10.3 Å². The van der Waals surface area contributed by atoms with Crippen molar-refractivity contribution in [1.82, 2.24) is 0 Å². The quantitative estimate of drug-likeness (QED) is 0.378. The van der Waals surface area contributed by atoms with Gasteiger partial charge in [0, 0.05) is 10.5 Å². The van der Waals surface area contributed by atoms with Crippen molar-refractivity contribution in [3.05, 3.63) is 63.6 Å². The topological polar surface area (TPSA) is 0 Å². The van der Waals surface area contributed by atoms with Crippen LogP contribution < -0.4 is 0 Å². The fourth-order valence-corrected chi connectivity index (χ4v) is 3.15. The van der Waals surface area contributed by atoms with Crippen molar-refractivity contribution in [1.29, 1.82) is 0 Å². The van der Waals surface area contributed by atoms with Crippen LogP contribution in [-0.4, -0.2) is 6.26 Å². The molecule has 0 nitrogen and oxygen atoms in total. The minimum Gasteiger partial charge on any atom is -0.207 e. The maximum absolute atomic E-state index is 13.9. The summed E-state index contributed by atoms with van der Waals surface area (Å²) in [6.45, 7) is 0. The van der Waals surface area contributed by atoms with Crippen LogP contribution in [0.2, 0.25) is 0 Å². The first-order chi connectivity index (χ1) is 9.04. The van der Waals surface area contributed by atoms with Crippen molar-refractivity contribution in [3.8, 4) is 0 Å². The number of benzene rings is 2. The molecule has 0 aliphatic heterocycles. The monoisotopic (exact) mass is 362 g/mol. The number of hydrogen-bond acceptors (Lipinski definition) is 1. The predicted octanol–water partition coefficient (Wildman–Crippen LogP) is 5.78. The van der Waals surface area contributed by atoms with Gasteiger partial charge in [-0.2, -0.15) is 0 Å². The average Bonchev–Trinajstić information content (AvgIpc) is 2.42. The average molecular weight is 364 g/mol. The standard InChI is InChI=1S/C14H10BrClF2S/c1-19-13-5-3-2-4-8(13)14(16)9-6-12(18)10(15)7-11(9)17/h2-7,14H,1H3. The van der Waals surface area contributed by atoms with E-state index >= 15 is 0 Å². The Morgan fingerprint density at radius 2 is 1.79 bits per heavy atom. The number of hydrogen-bond donors (Lipinski definition) is 0. The van der Waals surface area contributed by atoms with Crippen LogP contribution >= 0.6 is 39.3 Å². The third kappa shape index (κ3) is 3.12. The third-order valence-corrected chi connectivity index (χ3v) is 4.61. The molecule has 1 unspecified atom stereocenters. The first-order valence-corrected chi connectivity index (χ1v) is 7.91. The zero-order valence-corrected chi connectivity index (χ0v) is 13.1. The lowest BCUT2D eigenvalue weighted by atomic mass is 10.0. The van der Waals surface area contributed by atoms with Crippen LogP contribution in [0.25, 0.3) is 0 Å². The zero-order chi connectivity index (χ0) is 14.0. The SMILES string of the molecule is CSc1ccccc1C(Cl)c1cc(F)c(Br)cc1F. The summed E-state index contributed by atoms with van der Waals surface area (Å²) in [6.07, 6.45) is 1.92. The highest BCUT2D eigenvalue weighted by atomic mass is 79.9. The Morgan fingerprint density at radius 3 is 2.47 bits per heavy atom. The van der Waals surface area contributed by atoms with Crippen LogP contribution in [0.3, 0.4) is 0 Å². The van der Waals surface area contributed by atoms with Crippen molar-refractivity contribution in [2.75, 3.05) is 6.26 Å². The zero-order valence-electron chi connectivity index (χ0n) is 9.96. The van der Waals surface area contributed by atoms with Gasteiger partial charge in [0.1, 0.15) is 11.6 Å². The molecule has 2 aromatic rings. The molecule has 0 amide bonds. The lowest BCUT2D eigenvalue weighted by molar-refractivity contribution is 0.582. The normalized spacial score (nSPS) is 12.5. The second-order valence-corrected chi connectivity index (χ2v) is 6.03.